The summed E-state index contributed by atoms with van der Waals surface area (Å²) in [5.74, 6) is 0.955. The van der Waals surface area contributed by atoms with E-state index >= 15 is 0 Å². The number of carbonyl (C=O) groups excluding carboxylic acids is 1. The van der Waals surface area contributed by atoms with Crippen molar-refractivity contribution >= 4 is 11.7 Å². The monoisotopic (exact) mass is 328 g/mol. The van der Waals surface area contributed by atoms with E-state index in [-0.39, 0.29) is 11.9 Å². The minimum absolute atomic E-state index is 0.0741. The summed E-state index contributed by atoms with van der Waals surface area (Å²) in [6.07, 6.45) is 6.24. The molecule has 1 fully saturated rings. The van der Waals surface area contributed by atoms with Gasteiger partial charge in [0, 0.05) is 38.3 Å². The summed E-state index contributed by atoms with van der Waals surface area (Å²) in [5, 5.41) is 15.7. The molecule has 1 aliphatic rings. The first-order valence-corrected chi connectivity index (χ1v) is 8.44. The van der Waals surface area contributed by atoms with E-state index in [1.165, 1.54) is 0 Å². The normalized spacial score (nSPS) is 17.8. The van der Waals surface area contributed by atoms with Crippen LogP contribution in [0.2, 0.25) is 0 Å². The van der Waals surface area contributed by atoms with Crippen molar-refractivity contribution in [3.05, 3.63) is 35.8 Å². The number of piperidine rings is 1. The van der Waals surface area contributed by atoms with E-state index in [0.717, 1.165) is 43.0 Å². The van der Waals surface area contributed by atoms with E-state index in [1.54, 1.807) is 6.20 Å². The van der Waals surface area contributed by atoms with Crippen LogP contribution in [-0.4, -0.2) is 45.0 Å². The van der Waals surface area contributed by atoms with Crippen LogP contribution in [-0.2, 0) is 11.3 Å². The zero-order valence-corrected chi connectivity index (χ0v) is 14.3. The summed E-state index contributed by atoms with van der Waals surface area (Å²) < 4.78 is 1.81. The number of anilines is 1. The Morgan fingerprint density at radius 1 is 1.33 bits per heavy atom. The number of nitrogens with one attached hydrogen (secondary N) is 1. The van der Waals surface area contributed by atoms with Gasteiger partial charge in [0.25, 0.3) is 0 Å². The Labute approximate surface area is 142 Å². The molecule has 1 saturated heterocycles. The smallest absolute Gasteiger partial charge is 0.222 e. The van der Waals surface area contributed by atoms with Crippen molar-refractivity contribution in [2.75, 3.05) is 18.0 Å². The van der Waals surface area contributed by atoms with Crippen molar-refractivity contribution in [3.63, 3.8) is 0 Å². The van der Waals surface area contributed by atoms with Gasteiger partial charge in [0.2, 0.25) is 5.91 Å². The number of nitrogens with zero attached hydrogens (tertiary/aromatic N) is 5. The number of aromatic nitrogens is 4. The number of hydrogen-bond donors (Lipinski definition) is 1. The molecule has 1 aliphatic heterocycles. The second-order valence-corrected chi connectivity index (χ2v) is 6.42. The summed E-state index contributed by atoms with van der Waals surface area (Å²) >= 11 is 0. The fraction of sp³-hybridized carbons (Fsp3) is 0.529. The Hall–Kier alpha value is -2.44. The highest BCUT2D eigenvalue weighted by molar-refractivity contribution is 5.76. The highest BCUT2D eigenvalue weighted by atomic mass is 16.1. The number of rotatable bonds is 5. The molecule has 0 spiro atoms. The van der Waals surface area contributed by atoms with E-state index in [2.05, 4.69) is 25.5 Å². The Kier molecular flexibility index (Phi) is 5.08. The minimum atomic E-state index is 0.0741. The third-order valence-electron chi connectivity index (χ3n) is 4.22. The van der Waals surface area contributed by atoms with Gasteiger partial charge in [-0.1, -0.05) is 0 Å². The molecule has 1 amide bonds. The molecule has 7 heteroatoms. The molecular weight excluding hydrogens is 304 g/mol. The van der Waals surface area contributed by atoms with Crippen molar-refractivity contribution in [1.82, 2.24) is 25.3 Å². The molecule has 24 heavy (non-hydrogen) atoms. The topological polar surface area (TPSA) is 75.9 Å². The number of carbonyl (C=O) groups is 1. The summed E-state index contributed by atoms with van der Waals surface area (Å²) in [6.45, 7) is 6.27. The molecule has 0 radical (unpaired) electrons. The predicted octanol–water partition coefficient (Wildman–Crippen LogP) is 1.47. The van der Waals surface area contributed by atoms with Crippen molar-refractivity contribution in [2.45, 2.75) is 45.7 Å². The fourth-order valence-corrected chi connectivity index (χ4v) is 2.97. The molecule has 3 heterocycles. The van der Waals surface area contributed by atoms with Crippen LogP contribution in [0.25, 0.3) is 0 Å². The van der Waals surface area contributed by atoms with Gasteiger partial charge < -0.3 is 10.2 Å². The zero-order chi connectivity index (χ0) is 16.9. The maximum Gasteiger partial charge on any atom is 0.222 e. The lowest BCUT2D eigenvalue weighted by molar-refractivity contribution is -0.122. The van der Waals surface area contributed by atoms with Gasteiger partial charge in [-0.3, -0.25) is 9.48 Å². The second kappa shape index (κ2) is 7.42. The van der Waals surface area contributed by atoms with E-state index in [0.29, 0.717) is 13.0 Å². The molecule has 0 saturated carbocycles. The SMILES string of the molecule is Cc1cnn(CCC(=O)NC2CCCN(c3ccc(C)nn3)C2)c1. The molecule has 7 nitrogen and oxygen atoms in total. The molecule has 0 aliphatic carbocycles. The second-order valence-electron chi connectivity index (χ2n) is 6.42. The first-order chi connectivity index (χ1) is 11.6. The third kappa shape index (κ3) is 4.31. The first-order valence-electron chi connectivity index (χ1n) is 8.44. The number of hydrogen-bond acceptors (Lipinski definition) is 5. The molecule has 2 aromatic rings. The van der Waals surface area contributed by atoms with E-state index in [9.17, 15) is 4.79 Å². The molecular formula is C17H24N6O. The van der Waals surface area contributed by atoms with Gasteiger partial charge in [-0.05, 0) is 44.4 Å². The minimum Gasteiger partial charge on any atom is -0.353 e. The van der Waals surface area contributed by atoms with Crippen molar-refractivity contribution in [2.24, 2.45) is 0 Å². The van der Waals surface area contributed by atoms with Crippen LogP contribution in [0.1, 0.15) is 30.5 Å². The van der Waals surface area contributed by atoms with Gasteiger partial charge in [0.05, 0.1) is 11.9 Å². The van der Waals surface area contributed by atoms with Crippen molar-refractivity contribution in [1.29, 1.82) is 0 Å². The largest absolute Gasteiger partial charge is 0.353 e. The molecule has 1 atom stereocenters. The Bertz CT molecular complexity index is 681. The summed E-state index contributed by atoms with van der Waals surface area (Å²) in [7, 11) is 0. The van der Waals surface area contributed by atoms with E-state index in [4.69, 9.17) is 0 Å². The average molecular weight is 328 g/mol. The number of aryl methyl sites for hydroxylation is 3. The molecule has 2 aromatic heterocycles. The van der Waals surface area contributed by atoms with Crippen molar-refractivity contribution < 1.29 is 4.79 Å². The molecule has 1 unspecified atom stereocenters. The van der Waals surface area contributed by atoms with Gasteiger partial charge in [-0.15, -0.1) is 5.10 Å². The molecule has 128 valence electrons. The number of amides is 1. The summed E-state index contributed by atoms with van der Waals surface area (Å²) in [5.41, 5.74) is 2.02. The highest BCUT2D eigenvalue weighted by Gasteiger charge is 2.22. The van der Waals surface area contributed by atoms with Crippen LogP contribution in [0.4, 0.5) is 5.82 Å². The van der Waals surface area contributed by atoms with Crippen LogP contribution in [0, 0.1) is 13.8 Å². The summed E-state index contributed by atoms with van der Waals surface area (Å²) in [6, 6.07) is 4.12. The standard InChI is InChI=1S/C17H24N6O/c1-13-10-18-23(11-13)9-7-17(24)19-15-4-3-8-22(12-15)16-6-5-14(2)20-21-16/h5-6,10-11,15H,3-4,7-9,12H2,1-2H3,(H,19,24). The molecule has 1 N–H and O–H groups in total. The lowest BCUT2D eigenvalue weighted by Crippen LogP contribution is -2.48. The first kappa shape index (κ1) is 16.4. The molecule has 3 rings (SSSR count). The van der Waals surface area contributed by atoms with Gasteiger partial charge in [-0.2, -0.15) is 10.2 Å². The fourth-order valence-electron chi connectivity index (χ4n) is 2.97. The maximum absolute atomic E-state index is 12.2. The lowest BCUT2D eigenvalue weighted by Gasteiger charge is -2.33. The van der Waals surface area contributed by atoms with E-state index < -0.39 is 0 Å². The van der Waals surface area contributed by atoms with E-state index in [1.807, 2.05) is 36.9 Å². The van der Waals surface area contributed by atoms with Gasteiger partial charge >= 0.3 is 0 Å². The molecule has 0 aromatic carbocycles. The van der Waals surface area contributed by atoms with Crippen LogP contribution in [0.15, 0.2) is 24.5 Å². The zero-order valence-electron chi connectivity index (χ0n) is 14.3. The quantitative estimate of drug-likeness (QED) is 0.899. The Morgan fingerprint density at radius 3 is 2.92 bits per heavy atom. The Morgan fingerprint density at radius 2 is 2.21 bits per heavy atom. The van der Waals surface area contributed by atoms with Crippen LogP contribution in [0.3, 0.4) is 0 Å². The average Bonchev–Trinajstić information content (AvgIpc) is 2.99. The van der Waals surface area contributed by atoms with Gasteiger partial charge in [-0.25, -0.2) is 0 Å². The lowest BCUT2D eigenvalue weighted by atomic mass is 10.1. The maximum atomic E-state index is 12.2. The van der Waals surface area contributed by atoms with Gasteiger partial charge in [0.1, 0.15) is 0 Å². The summed E-state index contributed by atoms with van der Waals surface area (Å²) in [4.78, 5) is 14.4. The van der Waals surface area contributed by atoms with Gasteiger partial charge in [0.15, 0.2) is 5.82 Å². The van der Waals surface area contributed by atoms with Crippen LogP contribution in [0.5, 0.6) is 0 Å². The highest BCUT2D eigenvalue weighted by Crippen LogP contribution is 2.17. The molecule has 0 bridgehead atoms. The van der Waals surface area contributed by atoms with Crippen LogP contribution < -0.4 is 10.2 Å². The van der Waals surface area contributed by atoms with Crippen molar-refractivity contribution in [3.8, 4) is 0 Å². The Balaban J connectivity index is 1.49. The van der Waals surface area contributed by atoms with Crippen LogP contribution >= 0.6 is 0 Å². The third-order valence-corrected chi connectivity index (χ3v) is 4.22. The predicted molar refractivity (Wildman–Crippen MR) is 91.7 cm³/mol.